The normalized spacial score (nSPS) is 14.9. The molecule has 0 bridgehead atoms. The lowest BCUT2D eigenvalue weighted by atomic mass is 9.70. The summed E-state index contributed by atoms with van der Waals surface area (Å²) in [6.07, 6.45) is 3.79. The van der Waals surface area contributed by atoms with Gasteiger partial charge in [-0.25, -0.2) is 4.79 Å². The zero-order chi connectivity index (χ0) is 29.5. The Labute approximate surface area is 239 Å². The molecule has 1 aliphatic carbocycles. The van der Waals surface area contributed by atoms with Gasteiger partial charge in [0.1, 0.15) is 0 Å². The molecular formula is C27H41Cl2NO9. The Kier molecular flexibility index (Phi) is 15.9. The lowest BCUT2D eigenvalue weighted by Gasteiger charge is -2.38. The van der Waals surface area contributed by atoms with Gasteiger partial charge in [0.2, 0.25) is 0 Å². The molecule has 0 radical (unpaired) electrons. The summed E-state index contributed by atoms with van der Waals surface area (Å²) in [6.45, 7) is 10.3. The van der Waals surface area contributed by atoms with Crippen LogP contribution in [0.5, 0.6) is 0 Å². The van der Waals surface area contributed by atoms with Crippen molar-refractivity contribution in [3.05, 3.63) is 33.8 Å². The maximum absolute atomic E-state index is 10.3. The number of aliphatic hydroxyl groups is 1. The summed E-state index contributed by atoms with van der Waals surface area (Å²) in [6, 6.07) is 6.05. The summed E-state index contributed by atoms with van der Waals surface area (Å²) >= 11 is 12.4. The van der Waals surface area contributed by atoms with Crippen LogP contribution in [0.4, 0.5) is 0 Å². The Hall–Kier alpha value is -1.95. The number of halogens is 2. The van der Waals surface area contributed by atoms with E-state index in [1.54, 1.807) is 0 Å². The van der Waals surface area contributed by atoms with Gasteiger partial charge >= 0.3 is 17.9 Å². The third kappa shape index (κ3) is 12.4. The number of ether oxygens (including phenoxy) is 2. The Morgan fingerprint density at radius 1 is 0.897 bits per heavy atom. The molecule has 0 unspecified atom stereocenters. The predicted octanol–water partition coefficient (Wildman–Crippen LogP) is 4.32. The molecule has 4 N–H and O–H groups in total. The molecule has 0 spiro atoms. The number of carbonyl (C=O) groups is 3. The molecule has 1 aliphatic rings. The van der Waals surface area contributed by atoms with E-state index in [9.17, 15) is 14.4 Å². The molecule has 0 heterocycles. The molecule has 1 aromatic carbocycles. The fourth-order valence-corrected chi connectivity index (χ4v) is 4.80. The highest BCUT2D eigenvalue weighted by molar-refractivity contribution is 6.42. The maximum atomic E-state index is 10.3. The summed E-state index contributed by atoms with van der Waals surface area (Å²) in [7, 11) is 0. The number of carboxylic acid groups (broad SMARTS) is 3. The third-order valence-electron chi connectivity index (χ3n) is 6.82. The Balaban J connectivity index is 0.000000495. The highest BCUT2D eigenvalue weighted by Gasteiger charge is 2.40. The van der Waals surface area contributed by atoms with Crippen LogP contribution in [-0.4, -0.2) is 94.9 Å². The largest absolute Gasteiger partial charge is 0.481 e. The van der Waals surface area contributed by atoms with Crippen LogP contribution < -0.4 is 0 Å². The standard InChI is InChI=1S/C21H33Cl2NO2.C6H8O7/c1-3-24(4-2)12-13-25-14-15-26-17-21(10-6-5-7-11-21)18-8-9-19(22)20(23)16-18;7-3(8)1-6(13,5(11)12)2-4(9)10/h8-9,16H,3-7,10-15,17H2,1-2H3;13H,1-2H2,(H,7,8)(H,9,10)(H,11,12). The number of hydrogen-bond acceptors (Lipinski definition) is 7. The van der Waals surface area contributed by atoms with Crippen LogP contribution in [0, 0.1) is 0 Å². The molecule has 222 valence electrons. The maximum Gasteiger partial charge on any atom is 0.336 e. The van der Waals surface area contributed by atoms with Crippen molar-refractivity contribution in [1.29, 1.82) is 0 Å². The zero-order valence-electron chi connectivity index (χ0n) is 22.7. The van der Waals surface area contributed by atoms with E-state index in [0.717, 1.165) is 45.7 Å². The Bertz CT molecular complexity index is 903. The van der Waals surface area contributed by atoms with Crippen molar-refractivity contribution in [2.24, 2.45) is 0 Å². The second-order valence-corrected chi connectivity index (χ2v) is 10.5. The zero-order valence-corrected chi connectivity index (χ0v) is 24.2. The molecule has 0 atom stereocenters. The van der Waals surface area contributed by atoms with E-state index < -0.39 is 36.4 Å². The van der Waals surface area contributed by atoms with E-state index in [4.69, 9.17) is 53.1 Å². The molecule has 1 aromatic rings. The first kappa shape index (κ1) is 35.1. The van der Waals surface area contributed by atoms with Gasteiger partial charge in [-0.05, 0) is 43.6 Å². The van der Waals surface area contributed by atoms with Gasteiger partial charge < -0.3 is 34.8 Å². The molecule has 0 amide bonds. The van der Waals surface area contributed by atoms with E-state index in [2.05, 4.69) is 24.8 Å². The first-order chi connectivity index (χ1) is 18.4. The number of rotatable bonds is 16. The Morgan fingerprint density at radius 2 is 1.46 bits per heavy atom. The number of likely N-dealkylation sites (N-methyl/N-ethyl adjacent to an activating group) is 1. The van der Waals surface area contributed by atoms with Gasteiger partial charge in [0.25, 0.3) is 0 Å². The van der Waals surface area contributed by atoms with E-state index in [1.165, 1.54) is 24.8 Å². The molecule has 0 aromatic heterocycles. The van der Waals surface area contributed by atoms with Crippen molar-refractivity contribution in [3.63, 3.8) is 0 Å². The van der Waals surface area contributed by atoms with E-state index >= 15 is 0 Å². The molecule has 0 aliphatic heterocycles. The number of carboxylic acids is 3. The fraction of sp³-hybridized carbons (Fsp3) is 0.667. The van der Waals surface area contributed by atoms with Gasteiger partial charge in [-0.2, -0.15) is 0 Å². The van der Waals surface area contributed by atoms with Crippen molar-refractivity contribution in [2.45, 2.75) is 69.8 Å². The minimum atomic E-state index is -2.74. The van der Waals surface area contributed by atoms with Gasteiger partial charge in [0.15, 0.2) is 5.60 Å². The number of hydrogen-bond donors (Lipinski definition) is 4. The highest BCUT2D eigenvalue weighted by atomic mass is 35.5. The first-order valence-corrected chi connectivity index (χ1v) is 13.9. The summed E-state index contributed by atoms with van der Waals surface area (Å²) in [5.41, 5.74) is -1.42. The summed E-state index contributed by atoms with van der Waals surface area (Å²) in [5.74, 6) is -5.02. The first-order valence-electron chi connectivity index (χ1n) is 13.1. The molecular weight excluding hydrogens is 553 g/mol. The van der Waals surface area contributed by atoms with E-state index in [-0.39, 0.29) is 5.41 Å². The lowest BCUT2D eigenvalue weighted by molar-refractivity contribution is -0.170. The minimum absolute atomic E-state index is 0.0632. The van der Waals surface area contributed by atoms with Crippen LogP contribution in [0.25, 0.3) is 0 Å². The molecule has 0 saturated heterocycles. The van der Waals surface area contributed by atoms with Crippen molar-refractivity contribution < 1.29 is 44.3 Å². The predicted molar refractivity (Wildman–Crippen MR) is 148 cm³/mol. The van der Waals surface area contributed by atoms with Gasteiger partial charge in [-0.3, -0.25) is 9.59 Å². The smallest absolute Gasteiger partial charge is 0.336 e. The van der Waals surface area contributed by atoms with Crippen molar-refractivity contribution in [2.75, 3.05) is 46.1 Å². The second-order valence-electron chi connectivity index (χ2n) is 9.64. The van der Waals surface area contributed by atoms with Crippen LogP contribution in [0.2, 0.25) is 10.0 Å². The minimum Gasteiger partial charge on any atom is -0.481 e. The molecule has 1 saturated carbocycles. The molecule has 12 heteroatoms. The Morgan fingerprint density at radius 3 is 1.95 bits per heavy atom. The molecule has 2 rings (SSSR count). The number of aliphatic carboxylic acids is 3. The quantitative estimate of drug-likeness (QED) is 0.204. The van der Waals surface area contributed by atoms with Crippen molar-refractivity contribution in [3.8, 4) is 0 Å². The lowest BCUT2D eigenvalue weighted by Crippen LogP contribution is -2.42. The van der Waals surface area contributed by atoms with Crippen molar-refractivity contribution >= 4 is 41.1 Å². The molecule has 1 fully saturated rings. The van der Waals surface area contributed by atoms with Crippen LogP contribution in [0.3, 0.4) is 0 Å². The number of nitrogens with zero attached hydrogens (tertiary/aromatic N) is 1. The third-order valence-corrected chi connectivity index (χ3v) is 7.56. The number of benzene rings is 1. The highest BCUT2D eigenvalue weighted by Crippen LogP contribution is 2.41. The monoisotopic (exact) mass is 593 g/mol. The summed E-state index contributed by atoms with van der Waals surface area (Å²) in [5, 5.41) is 35.1. The average molecular weight is 595 g/mol. The van der Waals surface area contributed by atoms with Crippen LogP contribution in [0.1, 0.15) is 64.4 Å². The van der Waals surface area contributed by atoms with Gasteiger partial charge in [0.05, 0.1) is 49.3 Å². The van der Waals surface area contributed by atoms with Crippen LogP contribution >= 0.6 is 23.2 Å². The average Bonchev–Trinajstić information content (AvgIpc) is 2.87. The molecule has 10 nitrogen and oxygen atoms in total. The van der Waals surface area contributed by atoms with Crippen molar-refractivity contribution in [1.82, 2.24) is 4.90 Å². The SMILES string of the molecule is CCN(CC)CCOCCOCC1(c2ccc(Cl)c(Cl)c2)CCCCC1.O=C(O)CC(O)(CC(=O)O)C(=O)O. The van der Waals surface area contributed by atoms with Gasteiger partial charge in [-0.15, -0.1) is 0 Å². The summed E-state index contributed by atoms with van der Waals surface area (Å²) < 4.78 is 11.8. The van der Waals surface area contributed by atoms with Crippen LogP contribution in [0.15, 0.2) is 18.2 Å². The topological polar surface area (TPSA) is 154 Å². The van der Waals surface area contributed by atoms with Gasteiger partial charge in [-0.1, -0.05) is 62.4 Å². The van der Waals surface area contributed by atoms with E-state index in [1.807, 2.05) is 12.1 Å². The summed E-state index contributed by atoms with van der Waals surface area (Å²) in [4.78, 5) is 32.8. The van der Waals surface area contributed by atoms with Gasteiger partial charge in [0, 0.05) is 12.0 Å². The second kappa shape index (κ2) is 17.7. The fourth-order valence-electron chi connectivity index (χ4n) is 4.51. The molecule has 39 heavy (non-hydrogen) atoms. The van der Waals surface area contributed by atoms with Crippen LogP contribution in [-0.2, 0) is 29.3 Å². The van der Waals surface area contributed by atoms with E-state index in [0.29, 0.717) is 23.3 Å².